The lowest BCUT2D eigenvalue weighted by Gasteiger charge is -2.27. The minimum Gasteiger partial charge on any atom is -0.444 e. The molecule has 0 saturated heterocycles. The average Bonchev–Trinajstić information content (AvgIpc) is 2.84. The van der Waals surface area contributed by atoms with Crippen molar-refractivity contribution < 1.29 is 33.5 Å². The number of likely N-dealkylation sites (N-methyl/N-ethyl adjacent to an activating group) is 1. The molecule has 0 aliphatic heterocycles. The minimum absolute atomic E-state index is 0.0695. The van der Waals surface area contributed by atoms with Gasteiger partial charge in [-0.3, -0.25) is 14.4 Å². The van der Waals surface area contributed by atoms with Gasteiger partial charge < -0.3 is 34.8 Å². The van der Waals surface area contributed by atoms with Crippen molar-refractivity contribution >= 4 is 42.5 Å². The van der Waals surface area contributed by atoms with Gasteiger partial charge in [0, 0.05) is 57.8 Å². The predicted octanol–water partition coefficient (Wildman–Crippen LogP) is 1.58. The zero-order chi connectivity index (χ0) is 27.3. The van der Waals surface area contributed by atoms with Gasteiger partial charge in [0.05, 0.1) is 11.6 Å². The van der Waals surface area contributed by atoms with Gasteiger partial charge in [-0.05, 0) is 45.4 Å². The van der Waals surface area contributed by atoms with E-state index >= 15 is 0 Å². The Morgan fingerprint density at radius 2 is 1.81 bits per heavy atom. The van der Waals surface area contributed by atoms with Gasteiger partial charge in [-0.2, -0.15) is 0 Å². The summed E-state index contributed by atoms with van der Waals surface area (Å²) >= 11 is 0. The first kappa shape index (κ1) is 30.3. The zero-order valence-electron chi connectivity index (χ0n) is 21.5. The largest absolute Gasteiger partial charge is 0.444 e. The Hall–Kier alpha value is -3.76. The SMILES string of the molecule is CNC(=O)CCC(C=O)N(C)C(=O)c1ccc(N(CCC=O)CCNC(=O)OC(C)(C)C)cc1C=O. The third-order valence-electron chi connectivity index (χ3n) is 5.25. The summed E-state index contributed by atoms with van der Waals surface area (Å²) < 4.78 is 5.21. The summed E-state index contributed by atoms with van der Waals surface area (Å²) in [6.07, 6.45) is 1.76. The fourth-order valence-corrected chi connectivity index (χ4v) is 3.32. The second-order valence-electron chi connectivity index (χ2n) is 9.09. The number of anilines is 1. The van der Waals surface area contributed by atoms with Crippen LogP contribution in [0.1, 0.15) is 60.7 Å². The molecule has 0 aliphatic carbocycles. The molecule has 0 bridgehead atoms. The number of amides is 3. The van der Waals surface area contributed by atoms with Crippen LogP contribution in [0.2, 0.25) is 0 Å². The van der Waals surface area contributed by atoms with E-state index in [0.717, 1.165) is 6.29 Å². The van der Waals surface area contributed by atoms with Crippen molar-refractivity contribution in [1.29, 1.82) is 0 Å². The van der Waals surface area contributed by atoms with Crippen molar-refractivity contribution in [2.24, 2.45) is 0 Å². The van der Waals surface area contributed by atoms with E-state index in [1.165, 1.54) is 31.1 Å². The number of carbonyl (C=O) groups is 6. The van der Waals surface area contributed by atoms with Crippen LogP contribution in [-0.4, -0.2) is 87.0 Å². The summed E-state index contributed by atoms with van der Waals surface area (Å²) in [7, 11) is 2.92. The van der Waals surface area contributed by atoms with E-state index in [1.54, 1.807) is 31.7 Å². The standard InChI is InChI=1S/C25H36N4O7/c1-25(2,3)36-24(35)27-11-13-29(12-6-14-30)19-7-9-21(18(15-19)16-31)23(34)28(5)20(17-32)8-10-22(33)26-4/h7,9,14-17,20H,6,8,10-13H2,1-5H3,(H,26,33)(H,27,35). The smallest absolute Gasteiger partial charge is 0.407 e. The number of benzene rings is 1. The number of nitrogens with one attached hydrogen (secondary N) is 2. The van der Waals surface area contributed by atoms with Crippen LogP contribution in [0.5, 0.6) is 0 Å². The van der Waals surface area contributed by atoms with E-state index in [-0.39, 0.29) is 42.8 Å². The van der Waals surface area contributed by atoms with E-state index in [4.69, 9.17) is 4.74 Å². The Kier molecular flexibility index (Phi) is 12.3. The molecule has 1 unspecified atom stereocenters. The monoisotopic (exact) mass is 504 g/mol. The molecular weight excluding hydrogens is 468 g/mol. The molecule has 0 fully saturated rings. The van der Waals surface area contributed by atoms with Gasteiger partial charge in [0.15, 0.2) is 6.29 Å². The van der Waals surface area contributed by atoms with E-state index in [1.807, 2.05) is 0 Å². The van der Waals surface area contributed by atoms with Crippen molar-refractivity contribution in [2.75, 3.05) is 38.6 Å². The van der Waals surface area contributed by atoms with E-state index in [0.29, 0.717) is 31.3 Å². The van der Waals surface area contributed by atoms with Gasteiger partial charge >= 0.3 is 6.09 Å². The molecule has 1 atom stereocenters. The molecule has 1 aromatic rings. The third kappa shape index (κ3) is 9.85. The van der Waals surface area contributed by atoms with Crippen LogP contribution in [0.25, 0.3) is 0 Å². The molecular formula is C25H36N4O7. The molecule has 1 aromatic carbocycles. The van der Waals surface area contributed by atoms with Crippen LogP contribution in [0.15, 0.2) is 18.2 Å². The highest BCUT2D eigenvalue weighted by molar-refractivity contribution is 6.02. The summed E-state index contributed by atoms with van der Waals surface area (Å²) in [4.78, 5) is 73.8. The molecule has 0 spiro atoms. The first-order chi connectivity index (χ1) is 17.0. The zero-order valence-corrected chi connectivity index (χ0v) is 21.5. The minimum atomic E-state index is -0.836. The third-order valence-corrected chi connectivity index (χ3v) is 5.25. The lowest BCUT2D eigenvalue weighted by atomic mass is 10.0. The number of nitrogens with zero attached hydrogens (tertiary/aromatic N) is 2. The number of carbonyl (C=O) groups excluding carboxylic acids is 6. The van der Waals surface area contributed by atoms with Crippen LogP contribution >= 0.6 is 0 Å². The van der Waals surface area contributed by atoms with Crippen LogP contribution in [0.4, 0.5) is 10.5 Å². The molecule has 3 amide bonds. The maximum Gasteiger partial charge on any atom is 0.407 e. The second kappa shape index (κ2) is 14.6. The quantitative estimate of drug-likeness (QED) is 0.364. The average molecular weight is 505 g/mol. The molecule has 0 heterocycles. The van der Waals surface area contributed by atoms with E-state index in [2.05, 4.69) is 10.6 Å². The maximum absolute atomic E-state index is 13.0. The van der Waals surface area contributed by atoms with Gasteiger partial charge in [-0.15, -0.1) is 0 Å². The van der Waals surface area contributed by atoms with Crippen LogP contribution in [-0.2, 0) is 19.1 Å². The number of ether oxygens (including phenoxy) is 1. The van der Waals surface area contributed by atoms with Gasteiger partial charge in [-0.1, -0.05) is 0 Å². The molecule has 0 aliphatic rings. The van der Waals surface area contributed by atoms with Crippen molar-refractivity contribution in [3.05, 3.63) is 29.3 Å². The fraction of sp³-hybridized carbons (Fsp3) is 0.520. The summed E-state index contributed by atoms with van der Waals surface area (Å²) in [6, 6.07) is 3.80. The fourth-order valence-electron chi connectivity index (χ4n) is 3.32. The highest BCUT2D eigenvalue weighted by Gasteiger charge is 2.24. The van der Waals surface area contributed by atoms with Gasteiger partial charge in [0.2, 0.25) is 5.91 Å². The molecule has 11 nitrogen and oxygen atoms in total. The normalized spacial score (nSPS) is 11.6. The maximum atomic E-state index is 13.0. The Morgan fingerprint density at radius 1 is 1.11 bits per heavy atom. The number of hydrogen-bond acceptors (Lipinski definition) is 8. The molecule has 11 heteroatoms. The Bertz CT molecular complexity index is 943. The van der Waals surface area contributed by atoms with Gasteiger partial charge in [0.1, 0.15) is 18.2 Å². The molecule has 2 N–H and O–H groups in total. The second-order valence-corrected chi connectivity index (χ2v) is 9.09. The lowest BCUT2D eigenvalue weighted by molar-refractivity contribution is -0.121. The van der Waals surface area contributed by atoms with E-state index < -0.39 is 23.6 Å². The van der Waals surface area contributed by atoms with Gasteiger partial charge in [-0.25, -0.2) is 4.79 Å². The lowest BCUT2D eigenvalue weighted by Crippen LogP contribution is -2.39. The van der Waals surface area contributed by atoms with Crippen LogP contribution in [0, 0.1) is 0 Å². The van der Waals surface area contributed by atoms with Crippen molar-refractivity contribution in [1.82, 2.24) is 15.5 Å². The molecule has 0 saturated carbocycles. The van der Waals surface area contributed by atoms with Crippen LogP contribution < -0.4 is 15.5 Å². The van der Waals surface area contributed by atoms with Crippen LogP contribution in [0.3, 0.4) is 0 Å². The van der Waals surface area contributed by atoms with Gasteiger partial charge in [0.25, 0.3) is 5.91 Å². The number of rotatable bonds is 14. The Balaban J connectivity index is 3.03. The summed E-state index contributed by atoms with van der Waals surface area (Å²) in [5.41, 5.74) is 0.151. The summed E-state index contributed by atoms with van der Waals surface area (Å²) in [5.74, 6) is -0.791. The molecule has 36 heavy (non-hydrogen) atoms. The molecule has 0 radical (unpaired) electrons. The summed E-state index contributed by atoms with van der Waals surface area (Å²) in [5, 5.41) is 5.11. The predicted molar refractivity (Wildman–Crippen MR) is 134 cm³/mol. The highest BCUT2D eigenvalue weighted by Crippen LogP contribution is 2.21. The Morgan fingerprint density at radius 3 is 2.36 bits per heavy atom. The number of aldehydes is 3. The number of hydrogen-bond donors (Lipinski definition) is 2. The molecule has 1 rings (SSSR count). The summed E-state index contributed by atoms with van der Waals surface area (Å²) in [6.45, 7) is 6.14. The molecule has 0 aromatic heterocycles. The first-order valence-electron chi connectivity index (χ1n) is 11.6. The van der Waals surface area contributed by atoms with Crippen molar-refractivity contribution in [3.8, 4) is 0 Å². The van der Waals surface area contributed by atoms with Crippen molar-refractivity contribution in [2.45, 2.75) is 51.7 Å². The topological polar surface area (TPSA) is 142 Å². The first-order valence-corrected chi connectivity index (χ1v) is 11.6. The molecule has 198 valence electrons. The van der Waals surface area contributed by atoms with Crippen molar-refractivity contribution in [3.63, 3.8) is 0 Å². The highest BCUT2D eigenvalue weighted by atomic mass is 16.6. The number of alkyl carbamates (subject to hydrolysis) is 1. The van der Waals surface area contributed by atoms with E-state index in [9.17, 15) is 28.8 Å². The Labute approximate surface area is 211 Å².